The van der Waals surface area contributed by atoms with Crippen molar-refractivity contribution in [2.45, 2.75) is 31.7 Å². The molecule has 7 nitrogen and oxygen atoms in total. The average molecular weight is 533 g/mol. The number of carboxylic acids is 1. The predicted octanol–water partition coefficient (Wildman–Crippen LogP) is 6.61. The molecule has 3 fully saturated rings. The monoisotopic (exact) mass is 532 g/mol. The van der Waals surface area contributed by atoms with Crippen molar-refractivity contribution in [3.8, 4) is 28.8 Å². The summed E-state index contributed by atoms with van der Waals surface area (Å²) in [6.07, 6.45) is 4.58. The van der Waals surface area contributed by atoms with E-state index in [1.54, 1.807) is 30.3 Å². The zero-order valence-corrected chi connectivity index (χ0v) is 20.5. The van der Waals surface area contributed by atoms with Crippen LogP contribution in [0.25, 0.3) is 22.2 Å². The van der Waals surface area contributed by atoms with Crippen molar-refractivity contribution in [2.24, 2.45) is 17.8 Å². The van der Waals surface area contributed by atoms with Gasteiger partial charge in [-0.05, 0) is 55.7 Å². The van der Waals surface area contributed by atoms with Gasteiger partial charge in [-0.2, -0.15) is 9.65 Å². The number of nitrogens with zero attached hydrogens (tertiary/aromatic N) is 2. The number of hydrogen-bond acceptors (Lipinski definition) is 5. The number of para-hydroxylation sites is 1. The van der Waals surface area contributed by atoms with Crippen molar-refractivity contribution in [1.82, 2.24) is 9.97 Å². The van der Waals surface area contributed by atoms with Gasteiger partial charge in [-0.1, -0.05) is 18.2 Å². The second kappa shape index (κ2) is 9.66. The Morgan fingerprint density at radius 3 is 2.51 bits per heavy atom. The molecule has 0 saturated heterocycles. The second-order valence-corrected chi connectivity index (χ2v) is 10.1. The molecule has 2 aromatic carbocycles. The maximum absolute atomic E-state index is 16.1. The molecule has 0 aliphatic heterocycles. The van der Waals surface area contributed by atoms with Crippen molar-refractivity contribution >= 4 is 22.7 Å². The van der Waals surface area contributed by atoms with E-state index < -0.39 is 41.1 Å². The highest BCUT2D eigenvalue weighted by Gasteiger charge is 2.48. The zero-order chi connectivity index (χ0) is 27.3. The van der Waals surface area contributed by atoms with Gasteiger partial charge in [0.15, 0.2) is 11.6 Å². The van der Waals surface area contributed by atoms with Crippen molar-refractivity contribution < 1.29 is 27.8 Å². The maximum atomic E-state index is 16.1. The molecule has 2 atom stereocenters. The van der Waals surface area contributed by atoms with Crippen molar-refractivity contribution in [3.63, 3.8) is 0 Å². The Morgan fingerprint density at radius 2 is 1.82 bits per heavy atom. The quantitative estimate of drug-likeness (QED) is 0.258. The summed E-state index contributed by atoms with van der Waals surface area (Å²) in [5.74, 6) is -4.79. The fraction of sp³-hybridized carbons (Fsp3) is 0.276. The minimum atomic E-state index is -0.959. The Morgan fingerprint density at radius 1 is 1.10 bits per heavy atom. The molecule has 0 radical (unpaired) electrons. The van der Waals surface area contributed by atoms with E-state index in [0.29, 0.717) is 0 Å². The topological polar surface area (TPSA) is 111 Å². The van der Waals surface area contributed by atoms with Crippen molar-refractivity contribution in [2.75, 3.05) is 5.32 Å². The molecule has 3 N–H and O–H groups in total. The third kappa shape index (κ3) is 4.24. The molecule has 0 amide bonds. The summed E-state index contributed by atoms with van der Waals surface area (Å²) in [6, 6.07) is 11.5. The molecule has 39 heavy (non-hydrogen) atoms. The molecule has 7 rings (SSSR count). The molecule has 4 aromatic rings. The minimum Gasteiger partial charge on any atom is -0.481 e. The van der Waals surface area contributed by atoms with E-state index in [0.717, 1.165) is 37.8 Å². The molecule has 10 heteroatoms. The molecule has 198 valence electrons. The van der Waals surface area contributed by atoms with Gasteiger partial charge >= 0.3 is 5.97 Å². The number of rotatable bonds is 6. The Hall–Kier alpha value is -4.52. The first-order chi connectivity index (χ1) is 18.9. The number of aliphatic carboxylic acids is 1. The molecular weight excluding hydrogens is 509 g/mol. The van der Waals surface area contributed by atoms with Gasteiger partial charge < -0.3 is 20.1 Å². The number of aromatic nitrogens is 2. The van der Waals surface area contributed by atoms with E-state index >= 15 is 4.39 Å². The molecule has 0 spiro atoms. The van der Waals surface area contributed by atoms with Crippen LogP contribution in [0, 0.1) is 46.5 Å². The van der Waals surface area contributed by atoms with E-state index in [-0.39, 0.29) is 51.1 Å². The zero-order valence-electron chi connectivity index (χ0n) is 20.5. The van der Waals surface area contributed by atoms with E-state index in [1.165, 1.54) is 6.20 Å². The second-order valence-electron chi connectivity index (χ2n) is 10.1. The summed E-state index contributed by atoms with van der Waals surface area (Å²) >= 11 is 0. The molecule has 2 bridgehead atoms. The first kappa shape index (κ1) is 24.8. The Labute approximate surface area is 221 Å². The number of aromatic amines is 1. The number of carbonyl (C=O) groups is 1. The third-order valence-electron chi connectivity index (χ3n) is 7.94. The van der Waals surface area contributed by atoms with E-state index in [2.05, 4.69) is 15.3 Å². The predicted molar refractivity (Wildman–Crippen MR) is 137 cm³/mol. The molecule has 0 unspecified atom stereocenters. The van der Waals surface area contributed by atoms with Gasteiger partial charge in [-0.15, -0.1) is 0 Å². The number of hydrogen-bond donors (Lipinski definition) is 3. The van der Waals surface area contributed by atoms with Crippen LogP contribution in [-0.2, 0) is 4.79 Å². The van der Waals surface area contributed by atoms with E-state index in [9.17, 15) is 23.9 Å². The SMILES string of the molecule is N#Cc1c(-c2c[nH]c3c(F)cc(F)cc23)nc(N[C@@H]2C3CCC(CC3)[C@H]2C(=O)O)c(F)c1Oc1ccccc1. The number of carboxylic acid groups (broad SMARTS) is 1. The lowest BCUT2D eigenvalue weighted by Crippen LogP contribution is -2.51. The van der Waals surface area contributed by atoms with Gasteiger partial charge in [0.25, 0.3) is 0 Å². The van der Waals surface area contributed by atoms with Gasteiger partial charge in [-0.3, -0.25) is 4.79 Å². The Bertz CT molecular complexity index is 1620. The van der Waals surface area contributed by atoms with Gasteiger partial charge in [0.1, 0.15) is 29.0 Å². The molecule has 3 aliphatic carbocycles. The van der Waals surface area contributed by atoms with Crippen molar-refractivity contribution in [1.29, 1.82) is 5.26 Å². The standard InChI is InChI=1S/C29H23F3N4O3/c30-16-10-18-20(13-34-26(18)21(31)11-16)25-19(12-33)27(39-17-4-2-1-3-5-17)23(32)28(36-25)35-24-15-8-6-14(7-9-15)22(24)29(37)38/h1-5,10-11,13-15,22,24,34H,6-9H2,(H,35,36)(H,37,38)/t14?,15?,22-,24-/m1/s1. The number of ether oxygens (including phenoxy) is 1. The van der Waals surface area contributed by atoms with E-state index in [4.69, 9.17) is 4.74 Å². The average Bonchev–Trinajstić information content (AvgIpc) is 3.35. The van der Waals surface area contributed by atoms with Crippen LogP contribution in [0.5, 0.6) is 11.5 Å². The number of fused-ring (bicyclic) bond motifs is 4. The lowest BCUT2D eigenvalue weighted by atomic mass is 9.61. The van der Waals surface area contributed by atoms with E-state index in [1.807, 2.05) is 6.07 Å². The number of benzene rings is 2. The van der Waals surface area contributed by atoms with Crippen molar-refractivity contribution in [3.05, 3.63) is 71.7 Å². The summed E-state index contributed by atoms with van der Waals surface area (Å²) in [5, 5.41) is 23.2. The number of nitrogens with one attached hydrogen (secondary N) is 2. The number of nitriles is 1. The van der Waals surface area contributed by atoms with Gasteiger partial charge in [0.05, 0.1) is 17.1 Å². The maximum Gasteiger partial charge on any atom is 0.308 e. The fourth-order valence-electron chi connectivity index (χ4n) is 6.16. The van der Waals surface area contributed by atoms with Crippen LogP contribution in [-0.4, -0.2) is 27.1 Å². The number of anilines is 1. The molecular formula is C29H23F3N4O3. The molecule has 2 aromatic heterocycles. The first-order valence-corrected chi connectivity index (χ1v) is 12.7. The van der Waals surface area contributed by atoms with Crippen LogP contribution in [0.4, 0.5) is 19.0 Å². The summed E-state index contributed by atoms with van der Waals surface area (Å²) in [4.78, 5) is 19.4. The summed E-state index contributed by atoms with van der Waals surface area (Å²) in [5.41, 5.74) is -0.165. The minimum absolute atomic E-state index is 0.00279. The van der Waals surface area contributed by atoms with Crippen LogP contribution < -0.4 is 10.1 Å². The highest BCUT2D eigenvalue weighted by atomic mass is 19.1. The third-order valence-corrected chi connectivity index (χ3v) is 7.94. The fourth-order valence-corrected chi connectivity index (χ4v) is 6.16. The van der Waals surface area contributed by atoms with Gasteiger partial charge in [0, 0.05) is 29.3 Å². The number of pyridine rings is 1. The van der Waals surface area contributed by atoms with Crippen LogP contribution in [0.2, 0.25) is 0 Å². The van der Waals surface area contributed by atoms with Gasteiger partial charge in [-0.25, -0.2) is 13.8 Å². The highest BCUT2D eigenvalue weighted by molar-refractivity contribution is 5.97. The normalized spacial score (nSPS) is 22.0. The highest BCUT2D eigenvalue weighted by Crippen LogP contribution is 2.47. The largest absolute Gasteiger partial charge is 0.481 e. The van der Waals surface area contributed by atoms with Crippen LogP contribution in [0.3, 0.4) is 0 Å². The van der Waals surface area contributed by atoms with Crippen LogP contribution in [0.1, 0.15) is 31.2 Å². The number of halogens is 3. The smallest absolute Gasteiger partial charge is 0.308 e. The molecule has 3 aliphatic rings. The van der Waals surface area contributed by atoms with Crippen LogP contribution >= 0.6 is 0 Å². The van der Waals surface area contributed by atoms with Gasteiger partial charge in [0.2, 0.25) is 5.82 Å². The number of H-pyrrole nitrogens is 1. The summed E-state index contributed by atoms with van der Waals surface area (Å²) in [7, 11) is 0. The Kier molecular flexibility index (Phi) is 6.14. The lowest BCUT2D eigenvalue weighted by molar-refractivity contribution is -0.148. The summed E-state index contributed by atoms with van der Waals surface area (Å²) in [6.45, 7) is 0. The first-order valence-electron chi connectivity index (χ1n) is 12.7. The van der Waals surface area contributed by atoms with Crippen LogP contribution in [0.15, 0.2) is 48.7 Å². The lowest BCUT2D eigenvalue weighted by Gasteiger charge is -2.47. The Balaban J connectivity index is 1.54. The molecule has 3 saturated carbocycles. The summed E-state index contributed by atoms with van der Waals surface area (Å²) < 4.78 is 50.6. The molecule has 2 heterocycles.